The topological polar surface area (TPSA) is 0 Å². The summed E-state index contributed by atoms with van der Waals surface area (Å²) in [6, 6.07) is 1.77. The molecular weight excluding hydrogens is 186 g/mol. The fourth-order valence-corrected chi connectivity index (χ4v) is 2.95. The molecule has 0 atom stereocenters. The Kier molecular flexibility index (Phi) is 2.42. The molecule has 0 aromatic carbocycles. The molecule has 3 heteroatoms. The lowest BCUT2D eigenvalue weighted by atomic mass is 10.0. The van der Waals surface area contributed by atoms with E-state index in [0.29, 0.717) is 0 Å². The van der Waals surface area contributed by atoms with Crippen LogP contribution in [0.25, 0.3) is 0 Å². The molecule has 0 amide bonds. The molecule has 0 aromatic heterocycles. The van der Waals surface area contributed by atoms with Crippen molar-refractivity contribution in [1.29, 1.82) is 0 Å². The molecule has 2 saturated heterocycles. The van der Waals surface area contributed by atoms with E-state index in [1.54, 1.807) is 6.04 Å². The van der Waals surface area contributed by atoms with E-state index in [1.807, 2.05) is 0 Å². The van der Waals surface area contributed by atoms with Crippen LogP contribution in [0, 0.1) is 6.04 Å². The number of nitrogens with zero attached hydrogens (tertiary/aromatic N) is 3. The zero-order chi connectivity index (χ0) is 11.3. The van der Waals surface area contributed by atoms with Crippen molar-refractivity contribution in [3.63, 3.8) is 0 Å². The molecule has 0 spiro atoms. The first kappa shape index (κ1) is 11.4. The third-order valence-electron chi connectivity index (χ3n) is 4.38. The average Bonchev–Trinajstić information content (AvgIpc) is 2.07. The summed E-state index contributed by atoms with van der Waals surface area (Å²) in [7, 11) is 11.9. The lowest BCUT2D eigenvalue weighted by molar-refractivity contribution is -1.04. The van der Waals surface area contributed by atoms with Crippen molar-refractivity contribution in [2.45, 2.75) is 0 Å². The maximum atomic E-state index is 2.44. The molecule has 2 aliphatic rings. The number of likely N-dealkylation sites (N-methyl/N-ethyl adjacent to an activating group) is 3. The molecule has 0 saturated carbocycles. The minimum absolute atomic E-state index is 1.18. The average molecular weight is 213 g/mol. The van der Waals surface area contributed by atoms with E-state index in [9.17, 15) is 0 Å². The quantitative estimate of drug-likeness (QED) is 0.397. The summed E-state index contributed by atoms with van der Waals surface area (Å²) in [6.07, 6.45) is 0. The maximum absolute atomic E-state index is 2.44. The number of piperazine rings is 2. The minimum atomic E-state index is 1.18. The van der Waals surface area contributed by atoms with E-state index in [1.165, 1.54) is 52.7 Å². The Hall–Kier alpha value is -0.120. The first-order valence-corrected chi connectivity index (χ1v) is 6.06. The molecule has 3 nitrogen and oxygen atoms in total. The molecule has 2 rings (SSSR count). The Morgan fingerprint density at radius 2 is 1.07 bits per heavy atom. The van der Waals surface area contributed by atoms with Gasteiger partial charge in [-0.05, 0) is 6.04 Å². The van der Waals surface area contributed by atoms with Gasteiger partial charge >= 0.3 is 0 Å². The molecule has 0 aliphatic carbocycles. The monoisotopic (exact) mass is 213 g/mol. The van der Waals surface area contributed by atoms with E-state index in [0.717, 1.165) is 0 Å². The fourth-order valence-electron chi connectivity index (χ4n) is 2.95. The van der Waals surface area contributed by atoms with Gasteiger partial charge in [-0.15, -0.1) is 0 Å². The standard InChI is InChI=1S/C12H27N3/c1-13(2)6-8-15(5)9-7-14(3,4)11-12(15)10-13/h6-11H2,1-5H3/q+2. The lowest BCUT2D eigenvalue weighted by Gasteiger charge is -2.63. The zero-order valence-electron chi connectivity index (χ0n) is 11.1. The van der Waals surface area contributed by atoms with E-state index in [4.69, 9.17) is 0 Å². The Morgan fingerprint density at radius 1 is 0.667 bits per heavy atom. The van der Waals surface area contributed by atoms with Crippen LogP contribution < -0.4 is 0 Å². The summed E-state index contributed by atoms with van der Waals surface area (Å²) >= 11 is 0. The second-order valence-corrected chi connectivity index (χ2v) is 7.04. The van der Waals surface area contributed by atoms with Crippen LogP contribution in [0.4, 0.5) is 0 Å². The summed E-state index contributed by atoms with van der Waals surface area (Å²) in [5, 5.41) is 0. The van der Waals surface area contributed by atoms with Gasteiger partial charge in [0.1, 0.15) is 26.2 Å². The van der Waals surface area contributed by atoms with Gasteiger partial charge in [0.2, 0.25) is 0 Å². The smallest absolute Gasteiger partial charge is 0.124 e. The summed E-state index contributed by atoms with van der Waals surface area (Å²) < 4.78 is 3.62. The van der Waals surface area contributed by atoms with Crippen LogP contribution in [0.3, 0.4) is 0 Å². The highest BCUT2D eigenvalue weighted by molar-refractivity contribution is 4.84. The third kappa shape index (κ3) is 2.19. The summed E-state index contributed by atoms with van der Waals surface area (Å²) in [6.45, 7) is 7.88. The molecule has 2 heterocycles. The van der Waals surface area contributed by atoms with Crippen LogP contribution in [0.1, 0.15) is 0 Å². The van der Waals surface area contributed by atoms with Crippen molar-refractivity contribution < 1.29 is 13.4 Å². The Labute approximate surface area is 94.7 Å². The molecule has 0 unspecified atom stereocenters. The molecule has 15 heavy (non-hydrogen) atoms. The molecule has 2 fully saturated rings. The highest BCUT2D eigenvalue weighted by Gasteiger charge is 2.41. The van der Waals surface area contributed by atoms with Crippen LogP contribution in [-0.4, -0.2) is 88.0 Å². The molecule has 0 radical (unpaired) electrons. The Bertz CT molecular complexity index is 236. The van der Waals surface area contributed by atoms with Gasteiger partial charge in [-0.3, -0.25) is 0 Å². The van der Waals surface area contributed by atoms with Crippen molar-refractivity contribution in [2.75, 3.05) is 74.5 Å². The highest BCUT2D eigenvalue weighted by Crippen LogP contribution is 2.31. The van der Waals surface area contributed by atoms with Crippen LogP contribution in [0.2, 0.25) is 0 Å². The van der Waals surface area contributed by atoms with Gasteiger partial charge in [0.05, 0.1) is 28.2 Å². The SMILES string of the molecule is C[N+]1(C)CC[N+]2(C)CC[N+](C)(C)C[C-]2C1. The highest BCUT2D eigenvalue weighted by atomic mass is 15.5. The maximum Gasteiger partial charge on any atom is 0.124 e. The van der Waals surface area contributed by atoms with Crippen LogP contribution in [0.5, 0.6) is 0 Å². The fraction of sp³-hybridized carbons (Fsp3) is 0.917. The second kappa shape index (κ2) is 3.19. The summed E-state index contributed by atoms with van der Waals surface area (Å²) in [4.78, 5) is 0. The molecule has 0 aromatic rings. The van der Waals surface area contributed by atoms with E-state index in [-0.39, 0.29) is 0 Å². The van der Waals surface area contributed by atoms with Crippen molar-refractivity contribution in [1.82, 2.24) is 0 Å². The number of fused-ring (bicyclic) bond motifs is 1. The lowest BCUT2D eigenvalue weighted by Crippen LogP contribution is -2.72. The molecule has 0 bridgehead atoms. The molecule has 88 valence electrons. The van der Waals surface area contributed by atoms with Crippen molar-refractivity contribution in [3.05, 3.63) is 6.04 Å². The van der Waals surface area contributed by atoms with Crippen LogP contribution >= 0.6 is 0 Å². The normalized spacial score (nSPS) is 33.4. The summed E-state index contributed by atoms with van der Waals surface area (Å²) in [5.41, 5.74) is 0. The van der Waals surface area contributed by atoms with Crippen LogP contribution in [-0.2, 0) is 0 Å². The van der Waals surface area contributed by atoms with Gasteiger partial charge in [-0.25, -0.2) is 0 Å². The number of rotatable bonds is 0. The predicted octanol–water partition coefficient (Wildman–Crippen LogP) is 0.145. The number of quaternary nitrogens is 3. The number of hydrogen-bond acceptors (Lipinski definition) is 0. The van der Waals surface area contributed by atoms with E-state index in [2.05, 4.69) is 35.2 Å². The van der Waals surface area contributed by atoms with Crippen molar-refractivity contribution in [2.24, 2.45) is 0 Å². The molecule has 2 aliphatic heterocycles. The molecular formula is C12H27N3+2. The second-order valence-electron chi connectivity index (χ2n) is 7.04. The van der Waals surface area contributed by atoms with Crippen molar-refractivity contribution >= 4 is 0 Å². The predicted molar refractivity (Wildman–Crippen MR) is 62.8 cm³/mol. The zero-order valence-corrected chi connectivity index (χ0v) is 11.1. The van der Waals surface area contributed by atoms with Gasteiger partial charge in [-0.2, -0.15) is 0 Å². The van der Waals surface area contributed by atoms with Gasteiger partial charge in [0, 0.05) is 20.1 Å². The van der Waals surface area contributed by atoms with Crippen LogP contribution in [0.15, 0.2) is 0 Å². The van der Waals surface area contributed by atoms with Gasteiger partial charge in [0.25, 0.3) is 0 Å². The Morgan fingerprint density at radius 3 is 1.47 bits per heavy atom. The van der Waals surface area contributed by atoms with Crippen molar-refractivity contribution in [3.8, 4) is 0 Å². The van der Waals surface area contributed by atoms with Gasteiger partial charge < -0.3 is 13.4 Å². The van der Waals surface area contributed by atoms with E-state index < -0.39 is 0 Å². The first-order chi connectivity index (χ1) is 6.73. The Balaban J connectivity index is 2.15. The third-order valence-corrected chi connectivity index (χ3v) is 4.38. The summed E-state index contributed by atoms with van der Waals surface area (Å²) in [5.74, 6) is 0. The van der Waals surface area contributed by atoms with E-state index >= 15 is 0 Å². The van der Waals surface area contributed by atoms with Gasteiger partial charge in [-0.1, -0.05) is 0 Å². The number of hydrogen-bond donors (Lipinski definition) is 0. The largest absolute Gasteiger partial charge is 0.437 e. The van der Waals surface area contributed by atoms with Gasteiger partial charge in [0.15, 0.2) is 0 Å². The molecule has 0 N–H and O–H groups in total. The minimum Gasteiger partial charge on any atom is -0.437 e. The first-order valence-electron chi connectivity index (χ1n) is 6.06.